The summed E-state index contributed by atoms with van der Waals surface area (Å²) < 4.78 is 0. The van der Waals surface area contributed by atoms with Crippen LogP contribution in [-0.2, 0) is 29.0 Å². The van der Waals surface area contributed by atoms with E-state index < -0.39 is 6.04 Å². The molecule has 4 nitrogen and oxygen atoms in total. The van der Waals surface area contributed by atoms with Crippen LogP contribution in [0.25, 0.3) is 0 Å². The van der Waals surface area contributed by atoms with Crippen molar-refractivity contribution in [3.8, 4) is 0 Å². The molecule has 0 aliphatic heterocycles. The smallest absolute Gasteiger partial charge is 0.243 e. The fraction of sp³-hybridized carbons (Fsp3) is 0.310. The Bertz CT molecular complexity index is 1100. The Kier molecular flexibility index (Phi) is 9.29. The molecule has 34 heavy (non-hydrogen) atoms. The Morgan fingerprint density at radius 2 is 1.56 bits per heavy atom. The standard InChI is InChI=1S/C29H33ClN2O2/c1-21(2)19-31-29(34)27(17-23-10-5-4-6-11-23)32(20-25-13-7-9-22(3)15-25)28(33)18-24-12-8-14-26(30)16-24/h4-16,21,27H,17-20H2,1-3H3,(H,31,34). The minimum Gasteiger partial charge on any atom is -0.354 e. The average Bonchev–Trinajstić information content (AvgIpc) is 2.80. The third-order valence-corrected chi connectivity index (χ3v) is 5.87. The maximum atomic E-state index is 13.7. The molecule has 178 valence electrons. The first-order valence-electron chi connectivity index (χ1n) is 11.7. The minimum absolute atomic E-state index is 0.107. The lowest BCUT2D eigenvalue weighted by atomic mass is 10.0. The second-order valence-electron chi connectivity index (χ2n) is 9.16. The molecule has 0 saturated carbocycles. The Labute approximate surface area is 207 Å². The topological polar surface area (TPSA) is 49.4 Å². The predicted octanol–water partition coefficient (Wildman–Crippen LogP) is 5.60. The van der Waals surface area contributed by atoms with Crippen molar-refractivity contribution in [3.63, 3.8) is 0 Å². The van der Waals surface area contributed by atoms with Crippen molar-refractivity contribution in [3.05, 3.63) is 106 Å². The fourth-order valence-corrected chi connectivity index (χ4v) is 4.12. The number of carbonyl (C=O) groups is 2. The van der Waals surface area contributed by atoms with E-state index in [1.165, 1.54) is 0 Å². The number of rotatable bonds is 10. The maximum Gasteiger partial charge on any atom is 0.243 e. The van der Waals surface area contributed by atoms with Gasteiger partial charge in [-0.05, 0) is 41.7 Å². The Hall–Kier alpha value is -3.11. The van der Waals surface area contributed by atoms with E-state index in [-0.39, 0.29) is 18.2 Å². The van der Waals surface area contributed by atoms with Gasteiger partial charge in [-0.25, -0.2) is 0 Å². The Balaban J connectivity index is 1.96. The van der Waals surface area contributed by atoms with Gasteiger partial charge in [0, 0.05) is 24.5 Å². The third-order valence-electron chi connectivity index (χ3n) is 5.64. The van der Waals surface area contributed by atoms with E-state index in [0.29, 0.717) is 30.5 Å². The summed E-state index contributed by atoms with van der Waals surface area (Å²) in [4.78, 5) is 28.8. The number of aryl methyl sites for hydroxylation is 1. The molecule has 5 heteroatoms. The normalized spacial score (nSPS) is 11.8. The van der Waals surface area contributed by atoms with Gasteiger partial charge >= 0.3 is 0 Å². The Morgan fingerprint density at radius 1 is 0.882 bits per heavy atom. The van der Waals surface area contributed by atoms with E-state index in [9.17, 15) is 9.59 Å². The lowest BCUT2D eigenvalue weighted by Crippen LogP contribution is -2.51. The van der Waals surface area contributed by atoms with Gasteiger partial charge in [0.15, 0.2) is 0 Å². The van der Waals surface area contributed by atoms with Crippen LogP contribution in [-0.4, -0.2) is 29.3 Å². The number of nitrogens with one attached hydrogen (secondary N) is 1. The highest BCUT2D eigenvalue weighted by Gasteiger charge is 2.30. The summed E-state index contributed by atoms with van der Waals surface area (Å²) in [5.41, 5.74) is 3.95. The molecule has 1 unspecified atom stereocenters. The van der Waals surface area contributed by atoms with Gasteiger partial charge in [-0.2, -0.15) is 0 Å². The van der Waals surface area contributed by atoms with Crippen LogP contribution < -0.4 is 5.32 Å². The zero-order valence-corrected chi connectivity index (χ0v) is 20.9. The van der Waals surface area contributed by atoms with E-state index in [2.05, 4.69) is 25.2 Å². The molecule has 1 N–H and O–H groups in total. The van der Waals surface area contributed by atoms with Crippen molar-refractivity contribution in [1.82, 2.24) is 10.2 Å². The molecule has 0 aromatic heterocycles. The number of hydrogen-bond donors (Lipinski definition) is 1. The van der Waals surface area contributed by atoms with Gasteiger partial charge < -0.3 is 10.2 Å². The number of hydrogen-bond acceptors (Lipinski definition) is 2. The van der Waals surface area contributed by atoms with Gasteiger partial charge in [0.05, 0.1) is 6.42 Å². The van der Waals surface area contributed by atoms with Gasteiger partial charge in [0.1, 0.15) is 6.04 Å². The maximum absolute atomic E-state index is 13.7. The molecule has 0 bridgehead atoms. The zero-order valence-electron chi connectivity index (χ0n) is 20.1. The second-order valence-corrected chi connectivity index (χ2v) is 9.60. The Morgan fingerprint density at radius 3 is 2.24 bits per heavy atom. The summed E-state index contributed by atoms with van der Waals surface area (Å²) in [6.07, 6.45) is 0.618. The van der Waals surface area contributed by atoms with E-state index >= 15 is 0 Å². The first-order chi connectivity index (χ1) is 16.3. The second kappa shape index (κ2) is 12.4. The SMILES string of the molecule is Cc1cccc(CN(C(=O)Cc2cccc(Cl)c2)C(Cc2ccccc2)C(=O)NCC(C)C)c1. The van der Waals surface area contributed by atoms with Gasteiger partial charge in [-0.3, -0.25) is 9.59 Å². The number of benzene rings is 3. The molecule has 0 aliphatic carbocycles. The summed E-state index contributed by atoms with van der Waals surface area (Å²) >= 11 is 6.16. The molecular weight excluding hydrogens is 444 g/mol. The van der Waals surface area contributed by atoms with Crippen LogP contribution in [0.3, 0.4) is 0 Å². The van der Waals surface area contributed by atoms with Gasteiger partial charge in [-0.1, -0.05) is 97.7 Å². The van der Waals surface area contributed by atoms with Crippen molar-refractivity contribution in [1.29, 1.82) is 0 Å². The van der Waals surface area contributed by atoms with Crippen molar-refractivity contribution in [2.24, 2.45) is 5.92 Å². The quantitative estimate of drug-likeness (QED) is 0.414. The van der Waals surface area contributed by atoms with Gasteiger partial charge in [0.2, 0.25) is 11.8 Å². The van der Waals surface area contributed by atoms with E-state index in [1.807, 2.05) is 67.6 Å². The molecule has 0 spiro atoms. The summed E-state index contributed by atoms with van der Waals surface area (Å²) in [7, 11) is 0. The van der Waals surface area contributed by atoms with Crippen LogP contribution in [0.1, 0.15) is 36.1 Å². The van der Waals surface area contributed by atoms with Crippen molar-refractivity contribution < 1.29 is 9.59 Å². The summed E-state index contributed by atoms with van der Waals surface area (Å²) in [5.74, 6) is 0.0720. The lowest BCUT2D eigenvalue weighted by molar-refractivity contribution is -0.140. The van der Waals surface area contributed by atoms with Crippen molar-refractivity contribution >= 4 is 23.4 Å². The summed E-state index contributed by atoms with van der Waals surface area (Å²) in [5, 5.41) is 3.64. The van der Waals surface area contributed by atoms with Crippen LogP contribution >= 0.6 is 11.6 Å². The molecule has 0 fully saturated rings. The fourth-order valence-electron chi connectivity index (χ4n) is 3.91. The van der Waals surface area contributed by atoms with E-state index in [0.717, 1.165) is 22.3 Å². The molecule has 1 atom stereocenters. The third kappa shape index (κ3) is 7.74. The molecule has 0 radical (unpaired) electrons. The average molecular weight is 477 g/mol. The van der Waals surface area contributed by atoms with Crippen LogP contribution in [0.2, 0.25) is 5.02 Å². The van der Waals surface area contributed by atoms with Crippen LogP contribution in [0.15, 0.2) is 78.9 Å². The predicted molar refractivity (Wildman–Crippen MR) is 139 cm³/mol. The molecule has 3 aromatic carbocycles. The number of halogens is 1. The number of nitrogens with zero attached hydrogens (tertiary/aromatic N) is 1. The molecule has 3 aromatic rings. The largest absolute Gasteiger partial charge is 0.354 e. The van der Waals surface area contributed by atoms with Gasteiger partial charge in [0.25, 0.3) is 0 Å². The summed E-state index contributed by atoms with van der Waals surface area (Å²) in [6, 6.07) is 24.6. The molecule has 0 aliphatic rings. The highest BCUT2D eigenvalue weighted by molar-refractivity contribution is 6.30. The monoisotopic (exact) mass is 476 g/mol. The molecule has 0 heterocycles. The van der Waals surface area contributed by atoms with E-state index in [1.54, 1.807) is 17.0 Å². The first kappa shape index (κ1) is 25.5. The molecule has 3 rings (SSSR count). The van der Waals surface area contributed by atoms with Crippen LogP contribution in [0, 0.1) is 12.8 Å². The number of carbonyl (C=O) groups excluding carboxylic acids is 2. The molecule has 0 saturated heterocycles. The summed E-state index contributed by atoms with van der Waals surface area (Å²) in [6.45, 7) is 7.06. The van der Waals surface area contributed by atoms with Crippen LogP contribution in [0.4, 0.5) is 0 Å². The first-order valence-corrected chi connectivity index (χ1v) is 12.1. The molecular formula is C29H33ClN2O2. The van der Waals surface area contributed by atoms with Gasteiger partial charge in [-0.15, -0.1) is 0 Å². The zero-order chi connectivity index (χ0) is 24.5. The lowest BCUT2D eigenvalue weighted by Gasteiger charge is -2.32. The van der Waals surface area contributed by atoms with E-state index in [4.69, 9.17) is 11.6 Å². The van der Waals surface area contributed by atoms with Crippen molar-refractivity contribution in [2.45, 2.75) is 46.2 Å². The number of amides is 2. The van der Waals surface area contributed by atoms with Crippen LogP contribution in [0.5, 0.6) is 0 Å². The highest BCUT2D eigenvalue weighted by Crippen LogP contribution is 2.18. The van der Waals surface area contributed by atoms with Crippen molar-refractivity contribution in [2.75, 3.05) is 6.54 Å². The molecule has 2 amide bonds. The minimum atomic E-state index is -0.631. The highest BCUT2D eigenvalue weighted by atomic mass is 35.5.